The van der Waals surface area contributed by atoms with Crippen molar-refractivity contribution in [1.29, 1.82) is 0 Å². The topological polar surface area (TPSA) is 129 Å². The molecule has 1 unspecified atom stereocenters. The first kappa shape index (κ1) is 26.7. The van der Waals surface area contributed by atoms with Crippen LogP contribution >= 0.6 is 0 Å². The zero-order chi connectivity index (χ0) is 27.4. The Morgan fingerprint density at radius 3 is 2.55 bits per heavy atom. The molecule has 0 fully saturated rings. The molecule has 2 aromatic carbocycles. The molecule has 1 amide bonds. The third-order valence-electron chi connectivity index (χ3n) is 6.75. The summed E-state index contributed by atoms with van der Waals surface area (Å²) in [6, 6.07) is 7.96. The van der Waals surface area contributed by atoms with Crippen LogP contribution in [0.1, 0.15) is 64.8 Å². The second-order valence-electron chi connectivity index (χ2n) is 9.37. The molecule has 4 rings (SSSR count). The highest BCUT2D eigenvalue weighted by Crippen LogP contribution is 2.36. The molecule has 1 aliphatic heterocycles. The number of benzene rings is 2. The van der Waals surface area contributed by atoms with Gasteiger partial charge in [-0.25, -0.2) is 9.99 Å². The van der Waals surface area contributed by atoms with E-state index in [0.29, 0.717) is 29.3 Å². The number of nitrogens with zero attached hydrogens (tertiary/aromatic N) is 4. The molecule has 0 saturated carbocycles. The van der Waals surface area contributed by atoms with Crippen LogP contribution in [0.5, 0.6) is 11.5 Å². The smallest absolute Gasteiger partial charge is 0.267 e. The maximum absolute atomic E-state index is 13.4. The summed E-state index contributed by atoms with van der Waals surface area (Å²) in [5, 5.41) is 6.10. The van der Waals surface area contributed by atoms with E-state index in [1.165, 1.54) is 17.2 Å². The van der Waals surface area contributed by atoms with E-state index >= 15 is 0 Å². The summed E-state index contributed by atoms with van der Waals surface area (Å²) in [7, 11) is 3.13. The molecule has 1 atom stereocenters. The van der Waals surface area contributed by atoms with Crippen LogP contribution in [0.15, 0.2) is 41.6 Å². The number of hydrogen-bond acceptors (Lipinski definition) is 8. The van der Waals surface area contributed by atoms with Gasteiger partial charge in [-0.05, 0) is 66.8 Å². The molecule has 2 heterocycles. The lowest BCUT2D eigenvalue weighted by molar-refractivity contribution is -0.128. The van der Waals surface area contributed by atoms with Crippen molar-refractivity contribution in [3.05, 3.63) is 75.5 Å². The molecule has 198 valence electrons. The number of methoxy groups -OCH3 is 2. The van der Waals surface area contributed by atoms with Crippen molar-refractivity contribution < 1.29 is 14.3 Å². The number of hydrazone groups is 1. The van der Waals surface area contributed by atoms with Crippen LogP contribution in [0.25, 0.3) is 6.08 Å². The Kier molecular flexibility index (Phi) is 7.95. The molecular formula is C29H34N6O3. The van der Waals surface area contributed by atoms with E-state index in [1.807, 2.05) is 12.1 Å². The first-order valence-corrected chi connectivity index (χ1v) is 12.5. The number of ether oxygens (including phenoxy) is 2. The normalized spacial score (nSPS) is 14.6. The number of hydrogen-bond donors (Lipinski definition) is 2. The predicted octanol–water partition coefficient (Wildman–Crippen LogP) is 4.60. The standard InChI is InChI=1S/C29H34N6O3/c1-6-7-24-23-11-18(3)17(2)10-21(23)16-33-35(24)26(36)9-8-20-12-19(14-25(37-4)27(20)38-5)13-22-15-32-29(31)34-28(22)30/h8-12,14-16,24H,6-7,13H2,1-5H3,(H4,30,31,32,34)/b9-8+. The third kappa shape index (κ3) is 5.46. The zero-order valence-corrected chi connectivity index (χ0v) is 22.5. The summed E-state index contributed by atoms with van der Waals surface area (Å²) in [6.45, 7) is 6.29. The van der Waals surface area contributed by atoms with Crippen LogP contribution in [0.2, 0.25) is 0 Å². The molecule has 4 N–H and O–H groups in total. The lowest BCUT2D eigenvalue weighted by Crippen LogP contribution is -2.32. The third-order valence-corrected chi connectivity index (χ3v) is 6.75. The number of anilines is 2. The van der Waals surface area contributed by atoms with Gasteiger partial charge in [0.2, 0.25) is 5.95 Å². The molecule has 1 aromatic heterocycles. The van der Waals surface area contributed by atoms with Gasteiger partial charge in [0.25, 0.3) is 5.91 Å². The molecule has 0 saturated heterocycles. The summed E-state index contributed by atoms with van der Waals surface area (Å²) < 4.78 is 11.2. The van der Waals surface area contributed by atoms with Crippen molar-refractivity contribution >= 4 is 30.0 Å². The molecule has 9 heteroatoms. The minimum atomic E-state index is -0.216. The van der Waals surface area contributed by atoms with E-state index in [4.69, 9.17) is 20.9 Å². The fourth-order valence-corrected chi connectivity index (χ4v) is 4.67. The fraction of sp³-hybridized carbons (Fsp3) is 0.310. The van der Waals surface area contributed by atoms with Crippen LogP contribution < -0.4 is 20.9 Å². The lowest BCUT2D eigenvalue weighted by atomic mass is 9.92. The number of carbonyl (C=O) groups is 1. The maximum Gasteiger partial charge on any atom is 0.267 e. The second kappa shape index (κ2) is 11.3. The monoisotopic (exact) mass is 514 g/mol. The molecular weight excluding hydrogens is 480 g/mol. The minimum Gasteiger partial charge on any atom is -0.493 e. The van der Waals surface area contributed by atoms with Gasteiger partial charge in [-0.2, -0.15) is 10.1 Å². The van der Waals surface area contributed by atoms with Gasteiger partial charge in [0.05, 0.1) is 26.5 Å². The second-order valence-corrected chi connectivity index (χ2v) is 9.37. The number of nitrogen functional groups attached to an aromatic ring is 2. The van der Waals surface area contributed by atoms with Crippen molar-refractivity contribution in [2.45, 2.75) is 46.1 Å². The number of fused-ring (bicyclic) bond motifs is 1. The first-order chi connectivity index (χ1) is 18.2. The molecule has 0 spiro atoms. The molecule has 1 aliphatic rings. The van der Waals surface area contributed by atoms with Crippen molar-refractivity contribution in [3.63, 3.8) is 0 Å². The Bertz CT molecular complexity index is 1420. The van der Waals surface area contributed by atoms with Crippen LogP contribution in [0.4, 0.5) is 11.8 Å². The number of amides is 1. The Labute approximate surface area is 223 Å². The minimum absolute atomic E-state index is 0.121. The summed E-state index contributed by atoms with van der Waals surface area (Å²) in [6.07, 6.45) is 8.80. The van der Waals surface area contributed by atoms with Gasteiger partial charge < -0.3 is 20.9 Å². The number of aromatic nitrogens is 2. The van der Waals surface area contributed by atoms with Gasteiger partial charge >= 0.3 is 0 Å². The highest BCUT2D eigenvalue weighted by atomic mass is 16.5. The number of rotatable bonds is 8. The Hall–Kier alpha value is -4.40. The van der Waals surface area contributed by atoms with Gasteiger partial charge in [-0.3, -0.25) is 4.79 Å². The fourth-order valence-electron chi connectivity index (χ4n) is 4.67. The van der Waals surface area contributed by atoms with Gasteiger partial charge in [-0.15, -0.1) is 0 Å². The van der Waals surface area contributed by atoms with Crippen LogP contribution in [-0.4, -0.2) is 41.3 Å². The summed E-state index contributed by atoms with van der Waals surface area (Å²) in [4.78, 5) is 21.5. The summed E-state index contributed by atoms with van der Waals surface area (Å²) in [5.41, 5.74) is 18.6. The first-order valence-electron chi connectivity index (χ1n) is 12.5. The van der Waals surface area contributed by atoms with Gasteiger partial charge in [0, 0.05) is 35.4 Å². The maximum atomic E-state index is 13.4. The van der Waals surface area contributed by atoms with E-state index < -0.39 is 0 Å². The van der Waals surface area contributed by atoms with Gasteiger partial charge in [-0.1, -0.05) is 19.4 Å². The zero-order valence-electron chi connectivity index (χ0n) is 22.5. The highest BCUT2D eigenvalue weighted by Gasteiger charge is 2.28. The molecule has 0 aliphatic carbocycles. The molecule has 0 radical (unpaired) electrons. The predicted molar refractivity (Wildman–Crippen MR) is 150 cm³/mol. The number of nitrogens with two attached hydrogens (primary N) is 2. The molecule has 38 heavy (non-hydrogen) atoms. The Balaban J connectivity index is 1.66. The lowest BCUT2D eigenvalue weighted by Gasteiger charge is -2.31. The summed E-state index contributed by atoms with van der Waals surface area (Å²) >= 11 is 0. The summed E-state index contributed by atoms with van der Waals surface area (Å²) in [5.74, 6) is 1.27. The number of carbonyl (C=O) groups excluding carboxylic acids is 1. The quantitative estimate of drug-likeness (QED) is 0.420. The van der Waals surface area contributed by atoms with Crippen LogP contribution in [-0.2, 0) is 11.2 Å². The Morgan fingerprint density at radius 1 is 1.11 bits per heavy atom. The molecule has 0 bridgehead atoms. The van der Waals surface area contributed by atoms with E-state index in [0.717, 1.165) is 35.1 Å². The Morgan fingerprint density at radius 2 is 1.87 bits per heavy atom. The van der Waals surface area contributed by atoms with E-state index in [1.54, 1.807) is 37.7 Å². The highest BCUT2D eigenvalue weighted by molar-refractivity contribution is 5.95. The van der Waals surface area contributed by atoms with Gasteiger partial charge in [0.1, 0.15) is 5.82 Å². The van der Waals surface area contributed by atoms with Crippen molar-refractivity contribution in [2.75, 3.05) is 25.7 Å². The van der Waals surface area contributed by atoms with Gasteiger partial charge in [0.15, 0.2) is 11.5 Å². The molecule has 3 aromatic rings. The SMILES string of the molecule is CCCC1c2cc(C)c(C)cc2C=NN1C(=O)/C=C/c1cc(Cc2cnc(N)nc2N)cc(OC)c1OC. The van der Waals surface area contributed by atoms with Crippen LogP contribution in [0.3, 0.4) is 0 Å². The van der Waals surface area contributed by atoms with E-state index in [-0.39, 0.29) is 17.9 Å². The average Bonchev–Trinajstić information content (AvgIpc) is 2.89. The van der Waals surface area contributed by atoms with E-state index in [9.17, 15) is 4.79 Å². The average molecular weight is 515 g/mol. The molecule has 9 nitrogen and oxygen atoms in total. The van der Waals surface area contributed by atoms with E-state index in [2.05, 4.69) is 48.0 Å². The van der Waals surface area contributed by atoms with Crippen molar-refractivity contribution in [3.8, 4) is 11.5 Å². The van der Waals surface area contributed by atoms with Crippen LogP contribution in [0, 0.1) is 13.8 Å². The largest absolute Gasteiger partial charge is 0.493 e. The van der Waals surface area contributed by atoms with Crippen molar-refractivity contribution in [1.82, 2.24) is 15.0 Å². The number of aryl methyl sites for hydroxylation is 2. The van der Waals surface area contributed by atoms with Crippen molar-refractivity contribution in [2.24, 2.45) is 5.10 Å².